The van der Waals surface area contributed by atoms with Crippen molar-refractivity contribution >= 4 is 5.91 Å². The number of hydrogen-bond donors (Lipinski definition) is 0. The Balaban J connectivity index is 1.57. The quantitative estimate of drug-likeness (QED) is 0.865. The summed E-state index contributed by atoms with van der Waals surface area (Å²) in [6, 6.07) is 13.7. The fourth-order valence-electron chi connectivity index (χ4n) is 2.96. The Kier molecular flexibility index (Phi) is 5.11. The normalized spacial score (nSPS) is 15.3. The van der Waals surface area contributed by atoms with E-state index in [2.05, 4.69) is 11.0 Å². The zero-order chi connectivity index (χ0) is 16.9. The Morgan fingerprint density at radius 2 is 1.71 bits per heavy atom. The molecule has 1 aliphatic heterocycles. The van der Waals surface area contributed by atoms with Gasteiger partial charge in [-0.3, -0.25) is 9.69 Å². The monoisotopic (exact) mass is 328 g/mol. The van der Waals surface area contributed by atoms with Gasteiger partial charge in [0, 0.05) is 43.9 Å². The molecule has 1 saturated heterocycles. The van der Waals surface area contributed by atoms with Crippen LogP contribution in [0.1, 0.15) is 15.9 Å². The molecule has 0 radical (unpaired) electrons. The summed E-state index contributed by atoms with van der Waals surface area (Å²) in [7, 11) is 1.68. The maximum absolute atomic E-state index is 13.0. The van der Waals surface area contributed by atoms with Crippen molar-refractivity contribution in [2.24, 2.45) is 0 Å². The van der Waals surface area contributed by atoms with E-state index in [9.17, 15) is 9.18 Å². The SMILES string of the molecule is COc1ccccc1CN1CCN(C(=O)c2ccc(F)cc2)CC1. The van der Waals surface area contributed by atoms with Gasteiger partial charge < -0.3 is 9.64 Å². The van der Waals surface area contributed by atoms with Crippen LogP contribution < -0.4 is 4.74 Å². The van der Waals surface area contributed by atoms with Crippen LogP contribution >= 0.6 is 0 Å². The van der Waals surface area contributed by atoms with Crippen LogP contribution in [0.15, 0.2) is 48.5 Å². The first-order chi connectivity index (χ1) is 11.7. The van der Waals surface area contributed by atoms with Gasteiger partial charge in [-0.15, -0.1) is 0 Å². The molecular formula is C19H21FN2O2. The zero-order valence-electron chi connectivity index (χ0n) is 13.7. The summed E-state index contributed by atoms with van der Waals surface area (Å²) >= 11 is 0. The molecule has 0 saturated carbocycles. The minimum atomic E-state index is -0.326. The average molecular weight is 328 g/mol. The first-order valence-electron chi connectivity index (χ1n) is 8.06. The lowest BCUT2D eigenvalue weighted by Gasteiger charge is -2.35. The summed E-state index contributed by atoms with van der Waals surface area (Å²) in [5.74, 6) is 0.530. The predicted molar refractivity (Wildman–Crippen MR) is 90.6 cm³/mol. The number of amides is 1. The van der Waals surface area contributed by atoms with E-state index in [0.717, 1.165) is 30.9 Å². The van der Waals surface area contributed by atoms with Crippen molar-refractivity contribution in [2.75, 3.05) is 33.3 Å². The highest BCUT2D eigenvalue weighted by atomic mass is 19.1. The molecule has 0 aliphatic carbocycles. The van der Waals surface area contributed by atoms with E-state index >= 15 is 0 Å². The molecule has 1 fully saturated rings. The first-order valence-corrected chi connectivity index (χ1v) is 8.06. The second-order valence-electron chi connectivity index (χ2n) is 5.89. The van der Waals surface area contributed by atoms with Crippen molar-refractivity contribution in [1.29, 1.82) is 0 Å². The molecule has 0 unspecified atom stereocenters. The molecule has 0 aromatic heterocycles. The van der Waals surface area contributed by atoms with E-state index in [1.807, 2.05) is 23.1 Å². The number of piperazine rings is 1. The van der Waals surface area contributed by atoms with Crippen molar-refractivity contribution in [1.82, 2.24) is 9.80 Å². The molecular weight excluding hydrogens is 307 g/mol. The first kappa shape index (κ1) is 16.5. The summed E-state index contributed by atoms with van der Waals surface area (Å²) in [5.41, 5.74) is 1.69. The topological polar surface area (TPSA) is 32.8 Å². The number of nitrogens with zero attached hydrogens (tertiary/aromatic N) is 2. The maximum atomic E-state index is 13.0. The molecule has 1 heterocycles. The number of carbonyl (C=O) groups excluding carboxylic acids is 1. The fraction of sp³-hybridized carbons (Fsp3) is 0.316. The Labute approximate surface area is 141 Å². The molecule has 1 aliphatic rings. The average Bonchev–Trinajstić information content (AvgIpc) is 2.63. The Morgan fingerprint density at radius 3 is 2.38 bits per heavy atom. The van der Waals surface area contributed by atoms with Gasteiger partial charge in [-0.2, -0.15) is 0 Å². The molecule has 0 bridgehead atoms. The van der Waals surface area contributed by atoms with Gasteiger partial charge in [0.25, 0.3) is 5.91 Å². The third kappa shape index (κ3) is 3.74. The minimum Gasteiger partial charge on any atom is -0.496 e. The van der Waals surface area contributed by atoms with E-state index < -0.39 is 0 Å². The summed E-state index contributed by atoms with van der Waals surface area (Å²) in [6.45, 7) is 3.77. The van der Waals surface area contributed by atoms with Crippen LogP contribution in [0, 0.1) is 5.82 Å². The van der Waals surface area contributed by atoms with Crippen LogP contribution in [-0.4, -0.2) is 49.0 Å². The maximum Gasteiger partial charge on any atom is 0.253 e. The van der Waals surface area contributed by atoms with Gasteiger partial charge in [0.2, 0.25) is 0 Å². The second kappa shape index (κ2) is 7.45. The molecule has 4 nitrogen and oxygen atoms in total. The molecule has 2 aromatic carbocycles. The van der Waals surface area contributed by atoms with E-state index in [0.29, 0.717) is 18.7 Å². The van der Waals surface area contributed by atoms with Crippen LogP contribution in [0.3, 0.4) is 0 Å². The van der Waals surface area contributed by atoms with Gasteiger partial charge >= 0.3 is 0 Å². The Hall–Kier alpha value is -2.40. The predicted octanol–water partition coefficient (Wildman–Crippen LogP) is 2.79. The molecule has 5 heteroatoms. The number of benzene rings is 2. The van der Waals surface area contributed by atoms with Crippen molar-refractivity contribution in [3.8, 4) is 5.75 Å². The van der Waals surface area contributed by atoms with Crippen molar-refractivity contribution in [3.05, 3.63) is 65.5 Å². The highest BCUT2D eigenvalue weighted by Gasteiger charge is 2.22. The molecule has 1 amide bonds. The number of para-hydroxylation sites is 1. The highest BCUT2D eigenvalue weighted by Crippen LogP contribution is 2.20. The van der Waals surface area contributed by atoms with Gasteiger partial charge in [-0.25, -0.2) is 4.39 Å². The van der Waals surface area contributed by atoms with Gasteiger partial charge in [0.05, 0.1) is 7.11 Å². The lowest BCUT2D eigenvalue weighted by atomic mass is 10.1. The summed E-state index contributed by atoms with van der Waals surface area (Å²) < 4.78 is 18.4. The number of ether oxygens (including phenoxy) is 1. The lowest BCUT2D eigenvalue weighted by molar-refractivity contribution is 0.0627. The third-order valence-corrected chi connectivity index (χ3v) is 4.34. The number of rotatable bonds is 4. The van der Waals surface area contributed by atoms with Crippen molar-refractivity contribution < 1.29 is 13.9 Å². The van der Waals surface area contributed by atoms with E-state index in [4.69, 9.17) is 4.74 Å². The molecule has 0 N–H and O–H groups in total. The van der Waals surface area contributed by atoms with Crippen LogP contribution in [0.2, 0.25) is 0 Å². The van der Waals surface area contributed by atoms with Crippen LogP contribution in [0.4, 0.5) is 4.39 Å². The van der Waals surface area contributed by atoms with E-state index in [1.165, 1.54) is 12.1 Å². The van der Waals surface area contributed by atoms with Crippen LogP contribution in [-0.2, 0) is 6.54 Å². The number of methoxy groups -OCH3 is 1. The smallest absolute Gasteiger partial charge is 0.253 e. The number of halogens is 1. The van der Waals surface area contributed by atoms with Crippen molar-refractivity contribution in [3.63, 3.8) is 0 Å². The zero-order valence-corrected chi connectivity index (χ0v) is 13.7. The molecule has 0 spiro atoms. The van der Waals surface area contributed by atoms with Gasteiger partial charge in [-0.05, 0) is 30.3 Å². The second-order valence-corrected chi connectivity index (χ2v) is 5.89. The third-order valence-electron chi connectivity index (χ3n) is 4.34. The van der Waals surface area contributed by atoms with E-state index in [-0.39, 0.29) is 11.7 Å². The fourth-order valence-corrected chi connectivity index (χ4v) is 2.96. The summed E-state index contributed by atoms with van der Waals surface area (Å²) in [6.07, 6.45) is 0. The summed E-state index contributed by atoms with van der Waals surface area (Å²) in [5, 5.41) is 0. The summed E-state index contributed by atoms with van der Waals surface area (Å²) in [4.78, 5) is 16.6. The largest absolute Gasteiger partial charge is 0.496 e. The number of hydrogen-bond acceptors (Lipinski definition) is 3. The highest BCUT2D eigenvalue weighted by molar-refractivity contribution is 5.94. The number of carbonyl (C=O) groups is 1. The molecule has 24 heavy (non-hydrogen) atoms. The lowest BCUT2D eigenvalue weighted by Crippen LogP contribution is -2.48. The van der Waals surface area contributed by atoms with Gasteiger partial charge in [0.1, 0.15) is 11.6 Å². The van der Waals surface area contributed by atoms with Crippen LogP contribution in [0.5, 0.6) is 5.75 Å². The molecule has 2 aromatic rings. The van der Waals surface area contributed by atoms with Crippen molar-refractivity contribution in [2.45, 2.75) is 6.54 Å². The van der Waals surface area contributed by atoms with Gasteiger partial charge in [-0.1, -0.05) is 18.2 Å². The van der Waals surface area contributed by atoms with E-state index in [1.54, 1.807) is 19.2 Å². The molecule has 3 rings (SSSR count). The Bertz CT molecular complexity index is 695. The molecule has 0 atom stereocenters. The minimum absolute atomic E-state index is 0.0352. The Morgan fingerprint density at radius 1 is 1.04 bits per heavy atom. The molecule has 126 valence electrons. The van der Waals surface area contributed by atoms with Crippen LogP contribution in [0.25, 0.3) is 0 Å². The standard InChI is InChI=1S/C19H21FN2O2/c1-24-18-5-3-2-4-16(18)14-21-10-12-22(13-11-21)19(23)15-6-8-17(20)9-7-15/h2-9H,10-14H2,1H3. The van der Waals surface area contributed by atoms with Gasteiger partial charge in [0.15, 0.2) is 0 Å².